The molecule has 1 heterocycles. The standard InChI is InChI=1S/C16H21BrN2O/c1-2-3-4-5-6-9-20-15-8-7-14(18)13-10-12(17)11-19-16(13)15/h7-8,10-11H,2-6,9,18H2,1H3. The molecule has 0 saturated carbocycles. The number of fused-ring (bicyclic) bond motifs is 1. The van der Waals surface area contributed by atoms with Crippen molar-refractivity contribution >= 4 is 32.5 Å². The zero-order valence-corrected chi connectivity index (χ0v) is 13.4. The van der Waals surface area contributed by atoms with Gasteiger partial charge in [-0.1, -0.05) is 32.6 Å². The van der Waals surface area contributed by atoms with Crippen LogP contribution >= 0.6 is 15.9 Å². The van der Waals surface area contributed by atoms with E-state index in [0.29, 0.717) is 0 Å². The number of ether oxygens (including phenoxy) is 1. The number of unbranched alkanes of at least 4 members (excludes halogenated alkanes) is 4. The van der Waals surface area contributed by atoms with Crippen LogP contribution in [0.5, 0.6) is 5.75 Å². The van der Waals surface area contributed by atoms with Crippen molar-refractivity contribution in [3.63, 3.8) is 0 Å². The van der Waals surface area contributed by atoms with Gasteiger partial charge in [0.1, 0.15) is 11.3 Å². The molecule has 0 bridgehead atoms. The van der Waals surface area contributed by atoms with Gasteiger partial charge in [-0.3, -0.25) is 4.98 Å². The third-order valence-corrected chi connectivity index (χ3v) is 3.75. The molecule has 1 aromatic heterocycles. The summed E-state index contributed by atoms with van der Waals surface area (Å²) in [6.07, 6.45) is 7.94. The molecule has 2 rings (SSSR count). The van der Waals surface area contributed by atoms with Crippen LogP contribution in [-0.2, 0) is 0 Å². The van der Waals surface area contributed by atoms with E-state index in [1.807, 2.05) is 18.2 Å². The van der Waals surface area contributed by atoms with E-state index in [1.54, 1.807) is 6.20 Å². The fraction of sp³-hybridized carbons (Fsp3) is 0.438. The number of rotatable bonds is 7. The van der Waals surface area contributed by atoms with Gasteiger partial charge in [0.2, 0.25) is 0 Å². The molecule has 0 spiro atoms. The topological polar surface area (TPSA) is 48.1 Å². The van der Waals surface area contributed by atoms with Crippen molar-refractivity contribution in [2.45, 2.75) is 39.0 Å². The highest BCUT2D eigenvalue weighted by atomic mass is 79.9. The van der Waals surface area contributed by atoms with Crippen molar-refractivity contribution in [3.05, 3.63) is 28.9 Å². The maximum Gasteiger partial charge on any atom is 0.145 e. The normalized spacial score (nSPS) is 10.9. The van der Waals surface area contributed by atoms with Gasteiger partial charge in [-0.15, -0.1) is 0 Å². The van der Waals surface area contributed by atoms with Gasteiger partial charge in [0, 0.05) is 21.7 Å². The van der Waals surface area contributed by atoms with Crippen molar-refractivity contribution in [2.24, 2.45) is 0 Å². The van der Waals surface area contributed by atoms with Crippen LogP contribution in [-0.4, -0.2) is 11.6 Å². The molecular formula is C16H21BrN2O. The summed E-state index contributed by atoms with van der Waals surface area (Å²) in [5.74, 6) is 0.817. The third-order valence-electron chi connectivity index (χ3n) is 3.32. The van der Waals surface area contributed by atoms with Crippen LogP contribution in [0.25, 0.3) is 10.9 Å². The molecule has 0 atom stereocenters. The highest BCUT2D eigenvalue weighted by molar-refractivity contribution is 9.10. The van der Waals surface area contributed by atoms with E-state index >= 15 is 0 Å². The van der Waals surface area contributed by atoms with Gasteiger partial charge in [-0.05, 0) is 40.5 Å². The summed E-state index contributed by atoms with van der Waals surface area (Å²) >= 11 is 3.42. The lowest BCUT2D eigenvalue weighted by Gasteiger charge is -2.10. The first kappa shape index (κ1) is 15.1. The Balaban J connectivity index is 2.02. The number of aromatic nitrogens is 1. The average molecular weight is 337 g/mol. The van der Waals surface area contributed by atoms with Crippen LogP contribution in [0.2, 0.25) is 0 Å². The number of anilines is 1. The Hall–Kier alpha value is -1.29. The lowest BCUT2D eigenvalue weighted by atomic mass is 10.1. The van der Waals surface area contributed by atoms with Crippen LogP contribution in [0.1, 0.15) is 39.0 Å². The molecule has 0 aliphatic rings. The average Bonchev–Trinajstić information content (AvgIpc) is 2.45. The van der Waals surface area contributed by atoms with E-state index in [-0.39, 0.29) is 0 Å². The zero-order chi connectivity index (χ0) is 14.4. The summed E-state index contributed by atoms with van der Waals surface area (Å²) < 4.78 is 6.79. The Morgan fingerprint density at radius 1 is 1.20 bits per heavy atom. The zero-order valence-electron chi connectivity index (χ0n) is 11.9. The number of hydrogen-bond acceptors (Lipinski definition) is 3. The molecule has 2 N–H and O–H groups in total. The van der Waals surface area contributed by atoms with E-state index in [0.717, 1.165) is 39.8 Å². The number of halogens is 1. The minimum Gasteiger partial charge on any atom is -0.491 e. The predicted molar refractivity (Wildman–Crippen MR) is 88.1 cm³/mol. The second-order valence-electron chi connectivity index (χ2n) is 4.97. The van der Waals surface area contributed by atoms with E-state index in [9.17, 15) is 0 Å². The van der Waals surface area contributed by atoms with Crippen molar-refractivity contribution in [1.29, 1.82) is 0 Å². The Bertz CT molecular complexity index is 572. The van der Waals surface area contributed by atoms with Gasteiger partial charge in [-0.2, -0.15) is 0 Å². The Morgan fingerprint density at radius 2 is 2.00 bits per heavy atom. The van der Waals surface area contributed by atoms with Crippen LogP contribution in [0.15, 0.2) is 28.9 Å². The lowest BCUT2D eigenvalue weighted by Crippen LogP contribution is -1.99. The first-order valence-electron chi connectivity index (χ1n) is 7.19. The van der Waals surface area contributed by atoms with Crippen LogP contribution in [0.4, 0.5) is 5.69 Å². The SMILES string of the molecule is CCCCCCCOc1ccc(N)c2cc(Br)cnc12. The lowest BCUT2D eigenvalue weighted by molar-refractivity contribution is 0.307. The van der Waals surface area contributed by atoms with Gasteiger partial charge in [0.05, 0.1) is 6.61 Å². The number of nitrogens with zero attached hydrogens (tertiary/aromatic N) is 1. The van der Waals surface area contributed by atoms with Gasteiger partial charge < -0.3 is 10.5 Å². The number of hydrogen-bond donors (Lipinski definition) is 1. The second-order valence-corrected chi connectivity index (χ2v) is 5.88. The van der Waals surface area contributed by atoms with E-state index in [2.05, 4.69) is 27.8 Å². The van der Waals surface area contributed by atoms with E-state index in [4.69, 9.17) is 10.5 Å². The minimum atomic E-state index is 0.726. The summed E-state index contributed by atoms with van der Waals surface area (Å²) in [5, 5.41) is 0.933. The van der Waals surface area contributed by atoms with Gasteiger partial charge in [-0.25, -0.2) is 0 Å². The third kappa shape index (κ3) is 3.85. The highest BCUT2D eigenvalue weighted by Gasteiger charge is 2.07. The number of pyridine rings is 1. The highest BCUT2D eigenvalue weighted by Crippen LogP contribution is 2.30. The fourth-order valence-corrected chi connectivity index (χ4v) is 2.53. The molecule has 3 nitrogen and oxygen atoms in total. The minimum absolute atomic E-state index is 0.726. The van der Waals surface area contributed by atoms with Crippen molar-refractivity contribution in [2.75, 3.05) is 12.3 Å². The molecule has 0 amide bonds. The van der Waals surface area contributed by atoms with Gasteiger partial charge >= 0.3 is 0 Å². The summed E-state index contributed by atoms with van der Waals surface area (Å²) in [6, 6.07) is 5.76. The molecule has 2 aromatic rings. The molecule has 0 fully saturated rings. The molecule has 0 unspecified atom stereocenters. The van der Waals surface area contributed by atoms with Crippen molar-refractivity contribution < 1.29 is 4.74 Å². The van der Waals surface area contributed by atoms with Gasteiger partial charge in [0.25, 0.3) is 0 Å². The first-order chi connectivity index (χ1) is 9.72. The molecule has 0 radical (unpaired) electrons. The largest absolute Gasteiger partial charge is 0.491 e. The molecule has 108 valence electrons. The fourth-order valence-electron chi connectivity index (χ4n) is 2.19. The number of benzene rings is 1. The Morgan fingerprint density at radius 3 is 2.80 bits per heavy atom. The molecule has 1 aromatic carbocycles. The van der Waals surface area contributed by atoms with Crippen molar-refractivity contribution in [3.8, 4) is 5.75 Å². The van der Waals surface area contributed by atoms with E-state index in [1.165, 1.54) is 25.7 Å². The summed E-state index contributed by atoms with van der Waals surface area (Å²) in [5.41, 5.74) is 7.55. The number of nitrogens with two attached hydrogens (primary N) is 1. The summed E-state index contributed by atoms with van der Waals surface area (Å²) in [6.45, 7) is 2.96. The molecule has 20 heavy (non-hydrogen) atoms. The van der Waals surface area contributed by atoms with E-state index < -0.39 is 0 Å². The molecule has 0 saturated heterocycles. The molecule has 4 heteroatoms. The first-order valence-corrected chi connectivity index (χ1v) is 7.98. The molecule has 0 aliphatic heterocycles. The van der Waals surface area contributed by atoms with Gasteiger partial charge in [0.15, 0.2) is 0 Å². The maximum absolute atomic E-state index is 5.99. The predicted octanol–water partition coefficient (Wildman–Crippen LogP) is 4.93. The second kappa shape index (κ2) is 7.48. The Labute approximate surface area is 128 Å². The monoisotopic (exact) mass is 336 g/mol. The quantitative estimate of drug-likeness (QED) is 0.576. The maximum atomic E-state index is 5.99. The summed E-state index contributed by atoms with van der Waals surface area (Å²) in [4.78, 5) is 4.42. The smallest absolute Gasteiger partial charge is 0.145 e. The van der Waals surface area contributed by atoms with Crippen LogP contribution < -0.4 is 10.5 Å². The Kier molecular flexibility index (Phi) is 5.65. The van der Waals surface area contributed by atoms with Crippen LogP contribution in [0.3, 0.4) is 0 Å². The molecular weight excluding hydrogens is 316 g/mol. The van der Waals surface area contributed by atoms with Crippen LogP contribution in [0, 0.1) is 0 Å². The summed E-state index contributed by atoms with van der Waals surface area (Å²) in [7, 11) is 0. The molecule has 0 aliphatic carbocycles. The van der Waals surface area contributed by atoms with Crippen molar-refractivity contribution in [1.82, 2.24) is 4.98 Å². The number of nitrogen functional groups attached to an aromatic ring is 1.